The molecule has 1 heterocycles. The zero-order chi connectivity index (χ0) is 13.3. The fraction of sp³-hybridized carbons (Fsp3) is 0.692. The van der Waals surface area contributed by atoms with Gasteiger partial charge in [0.1, 0.15) is 4.34 Å². The van der Waals surface area contributed by atoms with E-state index in [1.165, 1.54) is 25.7 Å². The van der Waals surface area contributed by atoms with Crippen LogP contribution in [0.3, 0.4) is 0 Å². The van der Waals surface area contributed by atoms with E-state index in [4.69, 9.17) is 0 Å². The molecule has 1 aromatic rings. The summed E-state index contributed by atoms with van der Waals surface area (Å²) in [5, 5.41) is 8.90. The van der Waals surface area contributed by atoms with Crippen LogP contribution in [-0.2, 0) is 0 Å². The summed E-state index contributed by atoms with van der Waals surface area (Å²) < 4.78 is 1.16. The van der Waals surface area contributed by atoms with Crippen LogP contribution in [0.5, 0.6) is 0 Å². The smallest absolute Gasteiger partial charge is 0.191 e. The highest BCUT2D eigenvalue weighted by atomic mass is 32.2. The van der Waals surface area contributed by atoms with Gasteiger partial charge in [-0.05, 0) is 19.3 Å². The lowest BCUT2D eigenvalue weighted by molar-refractivity contribution is 0.613. The third-order valence-corrected chi connectivity index (χ3v) is 5.22. The van der Waals surface area contributed by atoms with E-state index in [0.717, 1.165) is 29.0 Å². The molecule has 1 fully saturated rings. The van der Waals surface area contributed by atoms with Gasteiger partial charge in [-0.25, -0.2) is 4.98 Å². The molecule has 2 N–H and O–H groups in total. The molecule has 4 nitrogen and oxygen atoms in total. The summed E-state index contributed by atoms with van der Waals surface area (Å²) in [6.07, 6.45) is 8.23. The highest BCUT2D eigenvalue weighted by molar-refractivity contribution is 8.00. The fourth-order valence-corrected chi connectivity index (χ4v) is 3.83. The van der Waals surface area contributed by atoms with Crippen molar-refractivity contribution in [3.05, 3.63) is 11.6 Å². The maximum Gasteiger partial charge on any atom is 0.191 e. The van der Waals surface area contributed by atoms with Gasteiger partial charge < -0.3 is 10.6 Å². The number of rotatable bonds is 6. The maximum absolute atomic E-state index is 4.28. The Balaban J connectivity index is 1.55. The van der Waals surface area contributed by atoms with Crippen LogP contribution in [0.1, 0.15) is 32.1 Å². The minimum absolute atomic E-state index is 0.621. The van der Waals surface area contributed by atoms with E-state index in [1.54, 1.807) is 11.3 Å². The number of thioether (sulfide) groups is 1. The van der Waals surface area contributed by atoms with Crippen molar-refractivity contribution in [1.29, 1.82) is 0 Å². The first kappa shape index (κ1) is 14.7. The molecule has 19 heavy (non-hydrogen) atoms. The van der Waals surface area contributed by atoms with Crippen molar-refractivity contribution in [3.63, 3.8) is 0 Å². The molecule has 2 rings (SSSR count). The first-order valence-electron chi connectivity index (χ1n) is 6.88. The minimum atomic E-state index is 0.621. The van der Waals surface area contributed by atoms with Gasteiger partial charge in [0, 0.05) is 37.0 Å². The summed E-state index contributed by atoms with van der Waals surface area (Å²) in [7, 11) is 1.84. The predicted octanol–water partition coefficient (Wildman–Crippen LogP) is 2.73. The highest BCUT2D eigenvalue weighted by Crippen LogP contribution is 2.20. The molecule has 0 aliphatic heterocycles. The molecule has 0 saturated heterocycles. The Morgan fingerprint density at radius 2 is 2.37 bits per heavy atom. The Kier molecular flexibility index (Phi) is 6.50. The van der Waals surface area contributed by atoms with Crippen molar-refractivity contribution in [3.8, 4) is 0 Å². The van der Waals surface area contributed by atoms with Crippen LogP contribution in [0.25, 0.3) is 0 Å². The van der Waals surface area contributed by atoms with E-state index < -0.39 is 0 Å². The number of nitrogens with zero attached hydrogens (tertiary/aromatic N) is 2. The molecule has 1 aliphatic rings. The zero-order valence-corrected chi connectivity index (χ0v) is 13.0. The second kappa shape index (κ2) is 8.43. The van der Waals surface area contributed by atoms with E-state index in [-0.39, 0.29) is 0 Å². The number of aromatic nitrogens is 1. The lowest BCUT2D eigenvalue weighted by Gasteiger charge is -2.16. The number of nitrogens with one attached hydrogen (secondary N) is 2. The third kappa shape index (κ3) is 5.40. The molecule has 1 saturated carbocycles. The lowest BCUT2D eigenvalue weighted by Crippen LogP contribution is -2.42. The SMILES string of the molecule is CN=C(NCCCSc1nccs1)NC1CCCC1. The number of aliphatic imine (C=N–C) groups is 1. The van der Waals surface area contributed by atoms with Crippen LogP contribution in [0.4, 0.5) is 0 Å². The Labute approximate surface area is 123 Å². The monoisotopic (exact) mass is 298 g/mol. The van der Waals surface area contributed by atoms with Gasteiger partial charge in [-0.15, -0.1) is 11.3 Å². The molecule has 0 aromatic carbocycles. The van der Waals surface area contributed by atoms with Crippen LogP contribution >= 0.6 is 23.1 Å². The molecule has 0 atom stereocenters. The standard InChI is InChI=1S/C13H22N4S2/c1-14-12(17-11-5-2-3-6-11)15-7-4-9-18-13-16-8-10-19-13/h8,10-11H,2-7,9H2,1H3,(H2,14,15,17). The van der Waals surface area contributed by atoms with Gasteiger partial charge in [-0.1, -0.05) is 24.6 Å². The van der Waals surface area contributed by atoms with Gasteiger partial charge >= 0.3 is 0 Å². The molecular formula is C13H22N4S2. The van der Waals surface area contributed by atoms with E-state index in [1.807, 2.05) is 30.4 Å². The summed E-state index contributed by atoms with van der Waals surface area (Å²) in [5.74, 6) is 2.05. The highest BCUT2D eigenvalue weighted by Gasteiger charge is 2.15. The molecular weight excluding hydrogens is 276 g/mol. The summed E-state index contributed by atoms with van der Waals surface area (Å²) in [6, 6.07) is 0.621. The molecule has 0 radical (unpaired) electrons. The van der Waals surface area contributed by atoms with Crippen LogP contribution < -0.4 is 10.6 Å². The molecule has 0 bridgehead atoms. The van der Waals surface area contributed by atoms with Crippen molar-refractivity contribution in [1.82, 2.24) is 15.6 Å². The molecule has 1 aliphatic carbocycles. The molecule has 0 amide bonds. The Bertz CT molecular complexity index is 372. The molecule has 0 unspecified atom stereocenters. The molecule has 1 aromatic heterocycles. The average molecular weight is 298 g/mol. The topological polar surface area (TPSA) is 49.3 Å². The molecule has 106 valence electrons. The summed E-state index contributed by atoms with van der Waals surface area (Å²) >= 11 is 3.53. The first-order valence-corrected chi connectivity index (χ1v) is 8.74. The van der Waals surface area contributed by atoms with Gasteiger partial charge in [0.05, 0.1) is 0 Å². The fourth-order valence-electron chi connectivity index (χ4n) is 2.18. The van der Waals surface area contributed by atoms with Gasteiger partial charge in [0.2, 0.25) is 0 Å². The van der Waals surface area contributed by atoms with E-state index in [0.29, 0.717) is 6.04 Å². The minimum Gasteiger partial charge on any atom is -0.356 e. The number of hydrogen-bond donors (Lipinski definition) is 2. The summed E-state index contributed by atoms with van der Waals surface area (Å²) in [4.78, 5) is 8.54. The van der Waals surface area contributed by atoms with Gasteiger partial charge in [0.15, 0.2) is 5.96 Å². The Hall–Kier alpha value is -0.750. The quantitative estimate of drug-likeness (QED) is 0.367. The second-order valence-electron chi connectivity index (χ2n) is 4.62. The normalized spacial score (nSPS) is 16.8. The van der Waals surface area contributed by atoms with Gasteiger partial charge in [-0.3, -0.25) is 4.99 Å². The van der Waals surface area contributed by atoms with Crippen molar-refractivity contribution in [2.75, 3.05) is 19.3 Å². The summed E-state index contributed by atoms with van der Waals surface area (Å²) in [6.45, 7) is 0.963. The maximum atomic E-state index is 4.28. The summed E-state index contributed by atoms with van der Waals surface area (Å²) in [5.41, 5.74) is 0. The average Bonchev–Trinajstić information content (AvgIpc) is 3.10. The van der Waals surface area contributed by atoms with E-state index >= 15 is 0 Å². The second-order valence-corrected chi connectivity index (χ2v) is 6.86. The number of hydrogen-bond acceptors (Lipinski definition) is 4. The third-order valence-electron chi connectivity index (χ3n) is 3.17. The van der Waals surface area contributed by atoms with E-state index in [9.17, 15) is 0 Å². The molecule has 0 spiro atoms. The van der Waals surface area contributed by atoms with Crippen molar-refractivity contribution in [2.24, 2.45) is 4.99 Å². The van der Waals surface area contributed by atoms with Crippen molar-refractivity contribution >= 4 is 29.1 Å². The number of thiazole rings is 1. The first-order chi connectivity index (χ1) is 9.38. The number of guanidine groups is 1. The lowest BCUT2D eigenvalue weighted by atomic mass is 10.2. The van der Waals surface area contributed by atoms with Gasteiger partial charge in [0.25, 0.3) is 0 Å². The Morgan fingerprint density at radius 3 is 3.05 bits per heavy atom. The van der Waals surface area contributed by atoms with Crippen molar-refractivity contribution < 1.29 is 0 Å². The van der Waals surface area contributed by atoms with E-state index in [2.05, 4.69) is 20.6 Å². The van der Waals surface area contributed by atoms with Crippen molar-refractivity contribution in [2.45, 2.75) is 42.5 Å². The van der Waals surface area contributed by atoms with Gasteiger partial charge in [-0.2, -0.15) is 0 Å². The zero-order valence-electron chi connectivity index (χ0n) is 11.4. The van der Waals surface area contributed by atoms with Crippen LogP contribution in [0, 0.1) is 0 Å². The van der Waals surface area contributed by atoms with Crippen LogP contribution in [-0.4, -0.2) is 36.3 Å². The molecule has 6 heteroatoms. The van der Waals surface area contributed by atoms with Crippen LogP contribution in [0.2, 0.25) is 0 Å². The largest absolute Gasteiger partial charge is 0.356 e. The Morgan fingerprint density at radius 1 is 1.53 bits per heavy atom. The van der Waals surface area contributed by atoms with Crippen LogP contribution in [0.15, 0.2) is 20.9 Å². The predicted molar refractivity (Wildman–Crippen MR) is 84.2 cm³/mol.